The number of aryl methyl sites for hydroxylation is 2. The standard InChI is InChI=1S/C24H22BrN3O3/c1-16-7-10-19(11-8-16)24(30)28-26-14-18-9-12-22(20(25)13-18)31-15-23(29)27-21-6-4-3-5-17(21)2/h3-14H,15H2,1-2H3,(H,27,29)(H,28,30)/b26-14+. The SMILES string of the molecule is Cc1ccc(C(=O)N/N=C/c2ccc(OCC(=O)Nc3ccccc3C)c(Br)c2)cc1. The number of hydrogen-bond acceptors (Lipinski definition) is 4. The third-order valence-corrected chi connectivity index (χ3v) is 5.05. The number of anilines is 1. The predicted octanol–water partition coefficient (Wildman–Crippen LogP) is 4.85. The molecule has 0 saturated carbocycles. The molecule has 0 spiro atoms. The number of benzene rings is 3. The van der Waals surface area contributed by atoms with E-state index in [-0.39, 0.29) is 18.4 Å². The summed E-state index contributed by atoms with van der Waals surface area (Å²) in [6.07, 6.45) is 1.53. The third kappa shape index (κ3) is 6.52. The quantitative estimate of drug-likeness (QED) is 0.375. The zero-order valence-electron chi connectivity index (χ0n) is 17.2. The predicted molar refractivity (Wildman–Crippen MR) is 126 cm³/mol. The smallest absolute Gasteiger partial charge is 0.271 e. The molecule has 0 aromatic heterocycles. The van der Waals surface area contributed by atoms with Gasteiger partial charge in [-0.2, -0.15) is 5.10 Å². The fourth-order valence-corrected chi connectivity index (χ4v) is 3.20. The van der Waals surface area contributed by atoms with Crippen LogP contribution < -0.4 is 15.5 Å². The number of nitrogens with one attached hydrogen (secondary N) is 2. The Labute approximate surface area is 189 Å². The molecule has 0 aliphatic rings. The van der Waals surface area contributed by atoms with Crippen molar-refractivity contribution in [2.75, 3.05) is 11.9 Å². The Morgan fingerprint density at radius 2 is 1.77 bits per heavy atom. The monoisotopic (exact) mass is 479 g/mol. The maximum Gasteiger partial charge on any atom is 0.271 e. The van der Waals surface area contributed by atoms with Crippen molar-refractivity contribution in [2.45, 2.75) is 13.8 Å². The van der Waals surface area contributed by atoms with Gasteiger partial charge in [-0.05, 0) is 77.3 Å². The zero-order valence-corrected chi connectivity index (χ0v) is 18.8. The van der Waals surface area contributed by atoms with E-state index in [0.29, 0.717) is 15.8 Å². The molecule has 3 aromatic carbocycles. The van der Waals surface area contributed by atoms with E-state index < -0.39 is 0 Å². The number of hydrazone groups is 1. The van der Waals surface area contributed by atoms with Gasteiger partial charge in [-0.3, -0.25) is 9.59 Å². The lowest BCUT2D eigenvalue weighted by molar-refractivity contribution is -0.118. The molecule has 0 aliphatic heterocycles. The van der Waals surface area contributed by atoms with Crippen molar-refractivity contribution < 1.29 is 14.3 Å². The molecular weight excluding hydrogens is 458 g/mol. The molecular formula is C24H22BrN3O3. The second-order valence-corrected chi connectivity index (χ2v) is 7.76. The molecule has 3 rings (SSSR count). The van der Waals surface area contributed by atoms with E-state index in [9.17, 15) is 9.59 Å². The summed E-state index contributed by atoms with van der Waals surface area (Å²) in [7, 11) is 0. The second-order valence-electron chi connectivity index (χ2n) is 6.91. The van der Waals surface area contributed by atoms with Gasteiger partial charge in [0.25, 0.3) is 11.8 Å². The van der Waals surface area contributed by atoms with E-state index in [0.717, 1.165) is 22.4 Å². The highest BCUT2D eigenvalue weighted by molar-refractivity contribution is 9.10. The third-order valence-electron chi connectivity index (χ3n) is 4.43. The van der Waals surface area contributed by atoms with Crippen molar-refractivity contribution in [3.05, 3.63) is 93.5 Å². The highest BCUT2D eigenvalue weighted by Gasteiger charge is 2.08. The van der Waals surface area contributed by atoms with Gasteiger partial charge in [0.15, 0.2) is 6.61 Å². The van der Waals surface area contributed by atoms with Gasteiger partial charge < -0.3 is 10.1 Å². The minimum absolute atomic E-state index is 0.118. The Bertz CT molecular complexity index is 1110. The molecule has 6 nitrogen and oxygen atoms in total. The van der Waals surface area contributed by atoms with E-state index in [1.807, 2.05) is 50.2 Å². The minimum Gasteiger partial charge on any atom is -0.483 e. The van der Waals surface area contributed by atoms with Gasteiger partial charge in [0.05, 0.1) is 10.7 Å². The molecule has 0 bridgehead atoms. The van der Waals surface area contributed by atoms with Crippen molar-refractivity contribution in [3.63, 3.8) is 0 Å². The number of halogens is 1. The number of hydrogen-bond donors (Lipinski definition) is 2. The van der Waals surface area contributed by atoms with Crippen LogP contribution in [-0.2, 0) is 4.79 Å². The van der Waals surface area contributed by atoms with Crippen LogP contribution in [0.15, 0.2) is 76.3 Å². The Morgan fingerprint density at radius 3 is 2.48 bits per heavy atom. The van der Waals surface area contributed by atoms with Gasteiger partial charge in [0, 0.05) is 11.3 Å². The van der Waals surface area contributed by atoms with Crippen LogP contribution >= 0.6 is 15.9 Å². The summed E-state index contributed by atoms with van der Waals surface area (Å²) >= 11 is 3.43. The Balaban J connectivity index is 1.52. The molecule has 158 valence electrons. The summed E-state index contributed by atoms with van der Waals surface area (Å²) in [5, 5.41) is 6.82. The first-order chi connectivity index (χ1) is 14.9. The summed E-state index contributed by atoms with van der Waals surface area (Å²) in [5.74, 6) is 0.00126. The van der Waals surface area contributed by atoms with Crippen molar-refractivity contribution in [1.29, 1.82) is 0 Å². The van der Waals surface area contributed by atoms with E-state index in [1.54, 1.807) is 30.3 Å². The highest BCUT2D eigenvalue weighted by atomic mass is 79.9. The van der Waals surface area contributed by atoms with Crippen LogP contribution in [0.25, 0.3) is 0 Å². The average Bonchev–Trinajstić information content (AvgIpc) is 2.75. The number of rotatable bonds is 7. The maximum atomic E-state index is 12.1. The number of amides is 2. The second kappa shape index (κ2) is 10.5. The Morgan fingerprint density at radius 1 is 1.03 bits per heavy atom. The molecule has 0 atom stereocenters. The van der Waals surface area contributed by atoms with Crippen molar-refractivity contribution in [1.82, 2.24) is 5.43 Å². The fraction of sp³-hybridized carbons (Fsp3) is 0.125. The van der Waals surface area contributed by atoms with Gasteiger partial charge >= 0.3 is 0 Å². The summed E-state index contributed by atoms with van der Waals surface area (Å²) in [6, 6.07) is 20.1. The topological polar surface area (TPSA) is 79.8 Å². The van der Waals surface area contributed by atoms with Gasteiger partial charge in [0.1, 0.15) is 5.75 Å². The molecule has 0 radical (unpaired) electrons. The number of carbonyl (C=O) groups excluding carboxylic acids is 2. The van der Waals surface area contributed by atoms with Crippen LogP contribution in [0.3, 0.4) is 0 Å². The van der Waals surface area contributed by atoms with Crippen LogP contribution in [0.5, 0.6) is 5.75 Å². The van der Waals surface area contributed by atoms with Crippen molar-refractivity contribution >= 4 is 39.6 Å². The molecule has 2 N–H and O–H groups in total. The normalized spacial score (nSPS) is 10.7. The zero-order chi connectivity index (χ0) is 22.2. The first-order valence-electron chi connectivity index (χ1n) is 9.60. The molecule has 0 unspecified atom stereocenters. The highest BCUT2D eigenvalue weighted by Crippen LogP contribution is 2.25. The molecule has 2 amide bonds. The number of para-hydroxylation sites is 1. The number of ether oxygens (including phenoxy) is 1. The lowest BCUT2D eigenvalue weighted by Crippen LogP contribution is -2.20. The molecule has 0 heterocycles. The molecule has 31 heavy (non-hydrogen) atoms. The van der Waals surface area contributed by atoms with E-state index >= 15 is 0 Å². The van der Waals surface area contributed by atoms with E-state index in [2.05, 4.69) is 31.8 Å². The summed E-state index contributed by atoms with van der Waals surface area (Å²) in [6.45, 7) is 3.77. The summed E-state index contributed by atoms with van der Waals surface area (Å²) in [5.41, 5.74) is 6.62. The van der Waals surface area contributed by atoms with Gasteiger partial charge in [-0.25, -0.2) is 5.43 Å². The first kappa shape index (κ1) is 22.2. The molecule has 0 saturated heterocycles. The van der Waals surface area contributed by atoms with Crippen LogP contribution in [0.1, 0.15) is 27.0 Å². The van der Waals surface area contributed by atoms with Gasteiger partial charge in [0.2, 0.25) is 0 Å². The molecule has 0 aliphatic carbocycles. The summed E-state index contributed by atoms with van der Waals surface area (Å²) < 4.78 is 6.27. The number of carbonyl (C=O) groups is 2. The van der Waals surface area contributed by atoms with Crippen molar-refractivity contribution in [2.24, 2.45) is 5.10 Å². The van der Waals surface area contributed by atoms with Crippen molar-refractivity contribution in [3.8, 4) is 5.75 Å². The number of nitrogens with zero attached hydrogens (tertiary/aromatic N) is 1. The maximum absolute atomic E-state index is 12.1. The fourth-order valence-electron chi connectivity index (χ4n) is 2.69. The van der Waals surface area contributed by atoms with E-state index in [4.69, 9.17) is 4.74 Å². The van der Waals surface area contributed by atoms with Crippen LogP contribution in [-0.4, -0.2) is 24.6 Å². The average molecular weight is 480 g/mol. The minimum atomic E-state index is -0.282. The lowest BCUT2D eigenvalue weighted by atomic mass is 10.1. The van der Waals surface area contributed by atoms with E-state index in [1.165, 1.54) is 6.21 Å². The van der Waals surface area contributed by atoms with Crippen LogP contribution in [0, 0.1) is 13.8 Å². The Kier molecular flexibility index (Phi) is 7.56. The lowest BCUT2D eigenvalue weighted by Gasteiger charge is -2.10. The molecule has 7 heteroatoms. The van der Waals surface area contributed by atoms with Crippen LogP contribution in [0.2, 0.25) is 0 Å². The summed E-state index contributed by atoms with van der Waals surface area (Å²) in [4.78, 5) is 24.2. The Hall–Kier alpha value is -3.45. The first-order valence-corrected chi connectivity index (χ1v) is 10.4. The van der Waals surface area contributed by atoms with Crippen LogP contribution in [0.4, 0.5) is 5.69 Å². The molecule has 0 fully saturated rings. The molecule has 3 aromatic rings. The van der Waals surface area contributed by atoms with Gasteiger partial charge in [-0.1, -0.05) is 35.9 Å². The largest absolute Gasteiger partial charge is 0.483 e. The van der Waals surface area contributed by atoms with Gasteiger partial charge in [-0.15, -0.1) is 0 Å².